The quantitative estimate of drug-likeness (QED) is 0.664. The third-order valence-corrected chi connectivity index (χ3v) is 3.75. The van der Waals surface area contributed by atoms with Gasteiger partial charge in [0.1, 0.15) is 5.54 Å². The maximum atomic E-state index is 12.6. The molecule has 0 aromatic heterocycles. The Morgan fingerprint density at radius 3 is 2.43 bits per heavy atom. The molecule has 0 aromatic rings. The number of alkyl halides is 3. The second-order valence-corrected chi connectivity index (χ2v) is 5.82. The van der Waals surface area contributed by atoms with E-state index in [0.29, 0.717) is 13.0 Å². The van der Waals surface area contributed by atoms with Gasteiger partial charge in [0.2, 0.25) is 0 Å². The van der Waals surface area contributed by atoms with Crippen LogP contribution >= 0.6 is 0 Å². The summed E-state index contributed by atoms with van der Waals surface area (Å²) in [6, 6.07) is -0.000280. The van der Waals surface area contributed by atoms with Gasteiger partial charge in [-0.3, -0.25) is 9.69 Å². The predicted molar refractivity (Wildman–Crippen MR) is 74.0 cm³/mol. The number of ether oxygens (including phenoxy) is 1. The molecule has 1 aliphatic rings. The van der Waals surface area contributed by atoms with Gasteiger partial charge in [0.25, 0.3) is 0 Å². The molecule has 0 saturated heterocycles. The first kappa shape index (κ1) is 18.2. The zero-order chi connectivity index (χ0) is 16.1. The van der Waals surface area contributed by atoms with E-state index >= 15 is 0 Å². The van der Waals surface area contributed by atoms with Gasteiger partial charge in [0.05, 0.1) is 13.7 Å². The fourth-order valence-electron chi connectivity index (χ4n) is 2.32. The number of carbonyl (C=O) groups excluding carboxylic acids is 1. The van der Waals surface area contributed by atoms with E-state index in [4.69, 9.17) is 4.74 Å². The first-order valence-electron chi connectivity index (χ1n) is 7.36. The van der Waals surface area contributed by atoms with Crippen LogP contribution in [0.15, 0.2) is 0 Å². The summed E-state index contributed by atoms with van der Waals surface area (Å²) in [5, 5.41) is 3.09. The summed E-state index contributed by atoms with van der Waals surface area (Å²) in [6.07, 6.45) is -1.48. The molecule has 124 valence electrons. The van der Waals surface area contributed by atoms with Crippen molar-refractivity contribution >= 4 is 5.97 Å². The van der Waals surface area contributed by atoms with Gasteiger partial charge < -0.3 is 10.1 Å². The standard InChI is InChI=1S/C14H25F3N2O2/c1-4-8-18-13(2,12(20)21-3)7-9-19(11-5-6-11)10-14(15,16)17/h11,18H,4-10H2,1-3H3. The van der Waals surface area contributed by atoms with E-state index < -0.39 is 24.2 Å². The van der Waals surface area contributed by atoms with Crippen molar-refractivity contribution < 1.29 is 22.7 Å². The molecule has 21 heavy (non-hydrogen) atoms. The molecule has 0 spiro atoms. The average Bonchev–Trinajstić information content (AvgIpc) is 3.23. The van der Waals surface area contributed by atoms with Crippen LogP contribution in [-0.4, -0.2) is 55.4 Å². The van der Waals surface area contributed by atoms with Crippen molar-refractivity contribution in [2.75, 3.05) is 26.7 Å². The molecule has 1 aliphatic carbocycles. The van der Waals surface area contributed by atoms with Gasteiger partial charge in [0.15, 0.2) is 0 Å². The van der Waals surface area contributed by atoms with E-state index in [-0.39, 0.29) is 12.6 Å². The SMILES string of the molecule is CCCNC(C)(CCN(CC(F)(F)F)C1CC1)C(=O)OC. The second-order valence-electron chi connectivity index (χ2n) is 5.82. The number of carbonyl (C=O) groups is 1. The summed E-state index contributed by atoms with van der Waals surface area (Å²) < 4.78 is 42.6. The highest BCUT2D eigenvalue weighted by molar-refractivity contribution is 5.80. The van der Waals surface area contributed by atoms with Gasteiger partial charge in [-0.15, -0.1) is 0 Å². The van der Waals surface area contributed by atoms with E-state index in [9.17, 15) is 18.0 Å². The minimum atomic E-state index is -4.21. The lowest BCUT2D eigenvalue weighted by Crippen LogP contribution is -2.53. The third-order valence-electron chi connectivity index (χ3n) is 3.75. The third kappa shape index (κ3) is 6.22. The van der Waals surface area contributed by atoms with Crippen LogP contribution < -0.4 is 5.32 Å². The number of nitrogens with zero attached hydrogens (tertiary/aromatic N) is 1. The van der Waals surface area contributed by atoms with Crippen LogP contribution in [0.4, 0.5) is 13.2 Å². The molecule has 0 aromatic carbocycles. The van der Waals surface area contributed by atoms with Gasteiger partial charge in [-0.1, -0.05) is 6.92 Å². The number of nitrogens with one attached hydrogen (secondary N) is 1. The molecule has 1 fully saturated rings. The number of hydrogen-bond acceptors (Lipinski definition) is 4. The maximum absolute atomic E-state index is 12.6. The van der Waals surface area contributed by atoms with E-state index in [1.165, 1.54) is 12.0 Å². The largest absolute Gasteiger partial charge is 0.468 e. The molecular weight excluding hydrogens is 285 g/mol. The minimum Gasteiger partial charge on any atom is -0.468 e. The molecule has 0 aliphatic heterocycles. The van der Waals surface area contributed by atoms with Gasteiger partial charge in [-0.2, -0.15) is 13.2 Å². The number of hydrogen-bond donors (Lipinski definition) is 1. The first-order valence-corrected chi connectivity index (χ1v) is 7.36. The molecule has 1 N–H and O–H groups in total. The van der Waals surface area contributed by atoms with E-state index in [1.54, 1.807) is 6.92 Å². The highest BCUT2D eigenvalue weighted by Crippen LogP contribution is 2.31. The van der Waals surface area contributed by atoms with Crippen molar-refractivity contribution in [1.82, 2.24) is 10.2 Å². The number of rotatable bonds is 9. The van der Waals surface area contributed by atoms with E-state index in [0.717, 1.165) is 19.3 Å². The molecule has 1 saturated carbocycles. The van der Waals surface area contributed by atoms with Gasteiger partial charge >= 0.3 is 12.1 Å². The Hall–Kier alpha value is -0.820. The summed E-state index contributed by atoms with van der Waals surface area (Å²) in [5.74, 6) is -0.432. The zero-order valence-corrected chi connectivity index (χ0v) is 12.9. The van der Waals surface area contributed by atoms with Crippen LogP contribution in [0.5, 0.6) is 0 Å². The average molecular weight is 310 g/mol. The Morgan fingerprint density at radius 1 is 1.38 bits per heavy atom. The molecule has 1 rings (SSSR count). The van der Waals surface area contributed by atoms with Gasteiger partial charge in [-0.25, -0.2) is 0 Å². The molecule has 0 bridgehead atoms. The molecular formula is C14H25F3N2O2. The van der Waals surface area contributed by atoms with Crippen molar-refractivity contribution in [2.45, 2.75) is 57.3 Å². The fraction of sp³-hybridized carbons (Fsp3) is 0.929. The number of methoxy groups -OCH3 is 1. The Morgan fingerprint density at radius 2 is 2.00 bits per heavy atom. The van der Waals surface area contributed by atoms with Gasteiger partial charge in [0, 0.05) is 12.6 Å². The lowest BCUT2D eigenvalue weighted by atomic mass is 9.97. The predicted octanol–water partition coefficient (Wildman–Crippen LogP) is 2.33. The van der Waals surface area contributed by atoms with Crippen molar-refractivity contribution in [3.8, 4) is 0 Å². The zero-order valence-electron chi connectivity index (χ0n) is 12.9. The molecule has 0 heterocycles. The Kier molecular flexibility index (Phi) is 6.46. The number of halogens is 3. The normalized spacial score (nSPS) is 18.6. The number of esters is 1. The Balaban J connectivity index is 2.62. The smallest absolute Gasteiger partial charge is 0.401 e. The van der Waals surface area contributed by atoms with E-state index in [1.807, 2.05) is 6.92 Å². The summed E-state index contributed by atoms with van der Waals surface area (Å²) >= 11 is 0. The summed E-state index contributed by atoms with van der Waals surface area (Å²) in [4.78, 5) is 13.3. The van der Waals surface area contributed by atoms with Crippen LogP contribution in [0.2, 0.25) is 0 Å². The highest BCUT2D eigenvalue weighted by Gasteiger charge is 2.40. The van der Waals surface area contributed by atoms with Crippen molar-refractivity contribution in [1.29, 1.82) is 0 Å². The van der Waals surface area contributed by atoms with Crippen LogP contribution in [0.3, 0.4) is 0 Å². The molecule has 1 atom stereocenters. The molecule has 1 unspecified atom stereocenters. The first-order chi connectivity index (χ1) is 9.72. The lowest BCUT2D eigenvalue weighted by Gasteiger charge is -2.31. The van der Waals surface area contributed by atoms with Crippen molar-refractivity contribution in [3.63, 3.8) is 0 Å². The second kappa shape index (κ2) is 7.45. The Bertz CT molecular complexity index is 346. The van der Waals surface area contributed by atoms with E-state index in [2.05, 4.69) is 5.32 Å². The molecule has 0 amide bonds. The summed E-state index contributed by atoms with van der Waals surface area (Å²) in [7, 11) is 1.29. The monoisotopic (exact) mass is 310 g/mol. The maximum Gasteiger partial charge on any atom is 0.401 e. The topological polar surface area (TPSA) is 41.6 Å². The minimum absolute atomic E-state index is 0.000280. The van der Waals surface area contributed by atoms with Crippen LogP contribution in [0, 0.1) is 0 Å². The fourth-order valence-corrected chi connectivity index (χ4v) is 2.32. The summed E-state index contributed by atoms with van der Waals surface area (Å²) in [5.41, 5.74) is -0.941. The molecule has 7 heteroatoms. The van der Waals surface area contributed by atoms with Crippen LogP contribution in [0.1, 0.15) is 39.5 Å². The highest BCUT2D eigenvalue weighted by atomic mass is 19.4. The Labute approximate surface area is 124 Å². The van der Waals surface area contributed by atoms with Crippen LogP contribution in [-0.2, 0) is 9.53 Å². The lowest BCUT2D eigenvalue weighted by molar-refractivity contribution is -0.151. The summed E-state index contributed by atoms with van der Waals surface area (Å²) in [6.45, 7) is 3.58. The molecule has 4 nitrogen and oxygen atoms in total. The molecule has 0 radical (unpaired) electrons. The van der Waals surface area contributed by atoms with Gasteiger partial charge in [-0.05, 0) is 39.2 Å². The van der Waals surface area contributed by atoms with Crippen molar-refractivity contribution in [2.24, 2.45) is 0 Å². The van der Waals surface area contributed by atoms with Crippen LogP contribution in [0.25, 0.3) is 0 Å². The van der Waals surface area contributed by atoms with Crippen molar-refractivity contribution in [3.05, 3.63) is 0 Å².